The Morgan fingerprint density at radius 3 is 1.71 bits per heavy atom. The summed E-state index contributed by atoms with van der Waals surface area (Å²) in [6.45, 7) is 7.87. The van der Waals surface area contributed by atoms with Gasteiger partial charge in [0.15, 0.2) is 0 Å². The predicted molar refractivity (Wildman–Crippen MR) is 261 cm³/mol. The number of carbonyl (C=O) groups excluding carboxylic acids is 4. The van der Waals surface area contributed by atoms with Crippen LogP contribution >= 0.6 is 0 Å². The second kappa shape index (κ2) is 18.8. The van der Waals surface area contributed by atoms with Crippen LogP contribution in [0.2, 0.25) is 0 Å². The number of amides is 4. The summed E-state index contributed by atoms with van der Waals surface area (Å²) in [6.07, 6.45) is 15.2. The van der Waals surface area contributed by atoms with Crippen LogP contribution in [0.5, 0.6) is 0 Å². The van der Waals surface area contributed by atoms with E-state index in [0.29, 0.717) is 54.5 Å². The molecular weight excluding hydrogens is 869 g/mol. The van der Waals surface area contributed by atoms with Crippen molar-refractivity contribution in [3.8, 4) is 34.4 Å². The minimum Gasteiger partial charge on any atom is -0.338 e. The third kappa shape index (κ3) is 8.93. The lowest BCUT2D eigenvalue weighted by molar-refractivity contribution is -0.125. The van der Waals surface area contributed by atoms with Crippen LogP contribution in [0.3, 0.4) is 0 Å². The Hall–Kier alpha value is -8.84. The number of nitrogens with zero attached hydrogens (tertiary/aromatic N) is 10. The van der Waals surface area contributed by atoms with Crippen molar-refractivity contribution in [1.82, 2.24) is 48.5 Å². The van der Waals surface area contributed by atoms with E-state index in [1.54, 1.807) is 110 Å². The number of carbonyl (C=O) groups is 4. The average molecular weight is 915 g/mol. The fourth-order valence-electron chi connectivity index (χ4n) is 9.14. The van der Waals surface area contributed by atoms with Crippen molar-refractivity contribution in [2.45, 2.75) is 45.4 Å². The van der Waals surface area contributed by atoms with Gasteiger partial charge in [0.25, 0.3) is 17.7 Å². The highest BCUT2D eigenvalue weighted by Gasteiger charge is 2.32. The third-order valence-corrected chi connectivity index (χ3v) is 12.6. The molecule has 8 heterocycles. The predicted octanol–water partition coefficient (Wildman–Crippen LogP) is 7.39. The number of likely N-dealkylation sites (tertiary alicyclic amines) is 2. The Kier molecular flexibility index (Phi) is 12.0. The Balaban J connectivity index is 0.765. The van der Waals surface area contributed by atoms with E-state index < -0.39 is 0 Å². The lowest BCUT2D eigenvalue weighted by atomic mass is 10.1. The number of nitrogens with one attached hydrogen (secondary N) is 2. The number of pyridine rings is 2. The van der Waals surface area contributed by atoms with Crippen molar-refractivity contribution in [1.29, 1.82) is 0 Å². The number of anilines is 2. The molecule has 0 bridgehead atoms. The third-order valence-electron chi connectivity index (χ3n) is 12.6. The van der Waals surface area contributed by atoms with Crippen LogP contribution in [-0.4, -0.2) is 98.3 Å². The van der Waals surface area contributed by atoms with Gasteiger partial charge in [-0.05, 0) is 99.7 Å². The van der Waals surface area contributed by atoms with E-state index >= 15 is 0 Å². The minimum atomic E-state index is -0.321. The zero-order valence-electron chi connectivity index (χ0n) is 38.1. The van der Waals surface area contributed by atoms with Crippen LogP contribution in [0.15, 0.2) is 122 Å². The highest BCUT2D eigenvalue weighted by atomic mass is 16.2. The standard InChI is InChI=1S/C53H46N12O4/c1-4-7-46(66)62-24-21-40(31-62)50-60-48(42-29-54-26-33(2)64(42)50)37-13-17-39(18-14-37)53(69)59-45-19-9-35(28-57-45)10-20-47(67)63-25-22-41(32-63)51-61-49(43-30-55-27-34(3)65(43)51)36-11-15-38(16-12-36)52(68)58-44-8-5-6-23-56-44/h5-6,8-20,23,26-30,40-41H,21-22,24-25,31-32H2,1-3H3,(H,56,58,68)(H,57,59,69)/b20-10+/t40-,41-/m1/s1. The molecule has 0 saturated carbocycles. The summed E-state index contributed by atoms with van der Waals surface area (Å²) in [5, 5.41) is 5.68. The summed E-state index contributed by atoms with van der Waals surface area (Å²) in [4.78, 5) is 83.5. The Bertz CT molecular complexity index is 3370. The first-order valence-electron chi connectivity index (χ1n) is 22.7. The molecule has 2 N–H and O–H groups in total. The van der Waals surface area contributed by atoms with E-state index in [0.717, 1.165) is 69.4 Å². The lowest BCUT2D eigenvalue weighted by Gasteiger charge is -2.14. The van der Waals surface area contributed by atoms with Gasteiger partial charge in [-0.2, -0.15) is 0 Å². The smallest absolute Gasteiger partial charge is 0.298 e. The molecule has 0 radical (unpaired) electrons. The maximum Gasteiger partial charge on any atom is 0.298 e. The molecule has 16 heteroatoms. The Labute approximate surface area is 397 Å². The number of imidazole rings is 2. The molecule has 2 aliphatic heterocycles. The fraction of sp³-hybridized carbons (Fsp3) is 0.208. The first kappa shape index (κ1) is 44.0. The topological polar surface area (TPSA) is 185 Å². The largest absolute Gasteiger partial charge is 0.338 e. The summed E-state index contributed by atoms with van der Waals surface area (Å²) in [5.74, 6) is 7.07. The highest BCUT2D eigenvalue weighted by Crippen LogP contribution is 2.35. The summed E-state index contributed by atoms with van der Waals surface area (Å²) in [7, 11) is 0. The second-order valence-electron chi connectivity index (χ2n) is 17.1. The number of rotatable bonds is 10. The number of benzene rings is 2. The zero-order chi connectivity index (χ0) is 47.6. The molecule has 2 fully saturated rings. The van der Waals surface area contributed by atoms with Gasteiger partial charge in [-0.15, -0.1) is 0 Å². The van der Waals surface area contributed by atoms with Gasteiger partial charge in [0.1, 0.15) is 23.3 Å². The van der Waals surface area contributed by atoms with Gasteiger partial charge in [0, 0.05) is 103 Å². The molecule has 16 nitrogen and oxygen atoms in total. The molecule has 2 aliphatic rings. The first-order valence-corrected chi connectivity index (χ1v) is 22.7. The number of fused-ring (bicyclic) bond motifs is 2. The van der Waals surface area contributed by atoms with Gasteiger partial charge in [0.2, 0.25) is 5.91 Å². The number of aromatic nitrogens is 8. The fourth-order valence-corrected chi connectivity index (χ4v) is 9.14. The van der Waals surface area contributed by atoms with E-state index in [2.05, 4.69) is 51.2 Å². The van der Waals surface area contributed by atoms with Crippen molar-refractivity contribution in [3.05, 3.63) is 162 Å². The molecule has 2 aromatic carbocycles. The van der Waals surface area contributed by atoms with E-state index in [9.17, 15) is 19.2 Å². The molecule has 69 heavy (non-hydrogen) atoms. The molecule has 0 unspecified atom stereocenters. The normalized spacial score (nSPS) is 15.7. The lowest BCUT2D eigenvalue weighted by Crippen LogP contribution is -2.27. The quantitative estimate of drug-likeness (QED) is 0.104. The van der Waals surface area contributed by atoms with Crippen LogP contribution < -0.4 is 10.6 Å². The molecule has 2 saturated heterocycles. The van der Waals surface area contributed by atoms with Crippen LogP contribution in [0, 0.1) is 25.7 Å². The molecule has 0 aliphatic carbocycles. The molecule has 342 valence electrons. The van der Waals surface area contributed by atoms with Crippen molar-refractivity contribution >= 4 is 52.4 Å². The van der Waals surface area contributed by atoms with Gasteiger partial charge in [-0.1, -0.05) is 36.3 Å². The Morgan fingerprint density at radius 1 is 0.638 bits per heavy atom. The summed E-state index contributed by atoms with van der Waals surface area (Å²) < 4.78 is 4.21. The van der Waals surface area contributed by atoms with Gasteiger partial charge in [-0.3, -0.25) is 37.9 Å². The average Bonchev–Trinajstić information content (AvgIpc) is 4.21. The number of aryl methyl sites for hydroxylation is 2. The van der Waals surface area contributed by atoms with Gasteiger partial charge in [-0.25, -0.2) is 19.9 Å². The van der Waals surface area contributed by atoms with Crippen molar-refractivity contribution in [2.75, 3.05) is 36.8 Å². The maximum absolute atomic E-state index is 13.5. The maximum atomic E-state index is 13.5. The van der Waals surface area contributed by atoms with Gasteiger partial charge >= 0.3 is 0 Å². The van der Waals surface area contributed by atoms with Crippen molar-refractivity contribution in [2.24, 2.45) is 0 Å². The van der Waals surface area contributed by atoms with E-state index in [1.165, 1.54) is 0 Å². The van der Waals surface area contributed by atoms with Crippen LogP contribution in [0.25, 0.3) is 39.6 Å². The SMILES string of the molecule is CC#CC(=O)N1CC[C@@H](c2nc(-c3ccc(C(=O)Nc4ccc(/C=C/C(=O)N5CC[C@@H](c6nc(-c7ccc(C(=O)Nc8ccccn8)cc7)c7cncc(C)n67)C5)cn4)cc3)c3cncc(C)n23)C1. The van der Waals surface area contributed by atoms with Crippen molar-refractivity contribution in [3.63, 3.8) is 0 Å². The molecular formula is C53H46N12O4. The number of hydrogen-bond donors (Lipinski definition) is 2. The van der Waals surface area contributed by atoms with Crippen LogP contribution in [0.1, 0.15) is 80.9 Å². The van der Waals surface area contributed by atoms with Gasteiger partial charge in [0.05, 0.1) is 34.8 Å². The molecule has 6 aromatic heterocycles. The summed E-state index contributed by atoms with van der Waals surface area (Å²) in [6, 6.07) is 23.4. The monoisotopic (exact) mass is 914 g/mol. The van der Waals surface area contributed by atoms with E-state index in [1.807, 2.05) is 49.1 Å². The zero-order valence-corrected chi connectivity index (χ0v) is 38.1. The molecule has 4 amide bonds. The minimum absolute atomic E-state index is 0.0112. The van der Waals surface area contributed by atoms with E-state index in [-0.39, 0.29) is 35.5 Å². The second-order valence-corrected chi connectivity index (χ2v) is 17.1. The molecule has 10 rings (SSSR count). The molecule has 0 spiro atoms. The molecule has 2 atom stereocenters. The van der Waals surface area contributed by atoms with E-state index in [4.69, 9.17) is 9.97 Å². The Morgan fingerprint density at radius 2 is 1.19 bits per heavy atom. The highest BCUT2D eigenvalue weighted by molar-refractivity contribution is 6.05. The number of hydrogen-bond acceptors (Lipinski definition) is 10. The first-order chi connectivity index (χ1) is 33.6. The molecule has 8 aromatic rings. The summed E-state index contributed by atoms with van der Waals surface area (Å²) >= 11 is 0. The van der Waals surface area contributed by atoms with Crippen molar-refractivity contribution < 1.29 is 19.2 Å². The van der Waals surface area contributed by atoms with Gasteiger partial charge < -0.3 is 20.4 Å². The summed E-state index contributed by atoms with van der Waals surface area (Å²) in [5.41, 5.74) is 8.38. The van der Waals surface area contributed by atoms with Crippen LogP contribution in [-0.2, 0) is 9.59 Å². The van der Waals surface area contributed by atoms with Crippen LogP contribution in [0.4, 0.5) is 11.6 Å².